The number of carbonyl (C=O) groups excluding carboxylic acids is 3. The number of ether oxygens (including phenoxy) is 3. The van der Waals surface area contributed by atoms with Crippen LogP contribution in [0.3, 0.4) is 0 Å². The van der Waals surface area contributed by atoms with Crippen molar-refractivity contribution < 1.29 is 28.6 Å². The highest BCUT2D eigenvalue weighted by Gasteiger charge is 2.22. The summed E-state index contributed by atoms with van der Waals surface area (Å²) in [6.07, 6.45) is 4.08. The lowest BCUT2D eigenvalue weighted by Gasteiger charge is -2.13. The number of Topliss-reactive ketones (excluding diaryl/α,β-unsaturated/α-hetero) is 1. The van der Waals surface area contributed by atoms with Crippen LogP contribution in [0.25, 0.3) is 0 Å². The Labute approximate surface area is 150 Å². The van der Waals surface area contributed by atoms with Gasteiger partial charge in [-0.2, -0.15) is 0 Å². The first-order valence-corrected chi connectivity index (χ1v) is 8.26. The summed E-state index contributed by atoms with van der Waals surface area (Å²) < 4.78 is 17.6. The van der Waals surface area contributed by atoms with Gasteiger partial charge in [-0.25, -0.2) is 4.68 Å². The second kappa shape index (κ2) is 10.5. The van der Waals surface area contributed by atoms with Crippen LogP contribution in [-0.2, 0) is 30.3 Å². The second-order valence-corrected chi connectivity index (χ2v) is 5.42. The predicted octanol–water partition coefficient (Wildman–Crippen LogP) is -0.544. The molecular weight excluding hydrogens is 344 g/mol. The van der Waals surface area contributed by atoms with Crippen molar-refractivity contribution in [3.05, 3.63) is 24.0 Å². The molecule has 0 bridgehead atoms. The number of aromatic nitrogens is 3. The molecule has 1 aromatic rings. The maximum atomic E-state index is 11.3. The Balaban J connectivity index is 1.38. The van der Waals surface area contributed by atoms with Crippen molar-refractivity contribution in [3.63, 3.8) is 0 Å². The molecule has 0 radical (unpaired) electrons. The molecule has 1 aliphatic rings. The molecule has 26 heavy (non-hydrogen) atoms. The minimum Gasteiger partial charge on any atom is -0.377 e. The smallest absolute Gasteiger partial charge is 0.253 e. The first-order valence-electron chi connectivity index (χ1n) is 8.26. The number of nitrogens with zero attached hydrogens (tertiary/aromatic N) is 4. The summed E-state index contributed by atoms with van der Waals surface area (Å²) in [6, 6.07) is 0. The molecule has 2 heterocycles. The second-order valence-electron chi connectivity index (χ2n) is 5.42. The van der Waals surface area contributed by atoms with Crippen LogP contribution in [0.5, 0.6) is 0 Å². The van der Waals surface area contributed by atoms with E-state index in [1.54, 1.807) is 10.9 Å². The first kappa shape index (κ1) is 19.9. The van der Waals surface area contributed by atoms with Crippen LogP contribution in [0, 0.1) is 0 Å². The van der Waals surface area contributed by atoms with Gasteiger partial charge in [0.1, 0.15) is 5.69 Å². The maximum Gasteiger partial charge on any atom is 0.253 e. The standard InChI is InChI=1S/C16H22N4O6/c1-13(21)14-12-19(18-17-14)4-6-24-8-10-26-11-9-25-7-5-20-15(22)2-3-16(20)23/h2-3,12H,4-11H2,1H3. The number of hydrogen-bond donors (Lipinski definition) is 0. The van der Waals surface area contributed by atoms with E-state index in [4.69, 9.17) is 14.2 Å². The number of amides is 2. The molecule has 10 nitrogen and oxygen atoms in total. The van der Waals surface area contributed by atoms with Crippen molar-refractivity contribution in [2.75, 3.05) is 46.2 Å². The lowest BCUT2D eigenvalue weighted by atomic mass is 10.3. The van der Waals surface area contributed by atoms with Gasteiger partial charge in [0, 0.05) is 19.1 Å². The molecule has 0 saturated heterocycles. The van der Waals surface area contributed by atoms with Crippen molar-refractivity contribution in [2.45, 2.75) is 13.5 Å². The fourth-order valence-corrected chi connectivity index (χ4v) is 2.08. The molecule has 10 heteroatoms. The Morgan fingerprint density at radius 3 is 2.00 bits per heavy atom. The molecule has 1 aliphatic heterocycles. The van der Waals surface area contributed by atoms with Gasteiger partial charge < -0.3 is 14.2 Å². The number of hydrogen-bond acceptors (Lipinski definition) is 8. The molecule has 0 N–H and O–H groups in total. The van der Waals surface area contributed by atoms with E-state index in [9.17, 15) is 14.4 Å². The highest BCUT2D eigenvalue weighted by molar-refractivity contribution is 6.12. The minimum atomic E-state index is -0.310. The Morgan fingerprint density at radius 1 is 0.923 bits per heavy atom. The van der Waals surface area contributed by atoms with Gasteiger partial charge in [-0.1, -0.05) is 5.21 Å². The van der Waals surface area contributed by atoms with Crippen molar-refractivity contribution in [1.29, 1.82) is 0 Å². The van der Waals surface area contributed by atoms with Gasteiger partial charge in [0.05, 0.1) is 58.9 Å². The van der Waals surface area contributed by atoms with Crippen molar-refractivity contribution >= 4 is 17.6 Å². The molecule has 1 aromatic heterocycles. The van der Waals surface area contributed by atoms with E-state index in [1.807, 2.05) is 0 Å². The molecule has 0 fully saturated rings. The normalized spacial score (nSPS) is 13.8. The Kier molecular flexibility index (Phi) is 8.06. The monoisotopic (exact) mass is 366 g/mol. The molecule has 0 atom stereocenters. The summed E-state index contributed by atoms with van der Waals surface area (Å²) in [5.74, 6) is -0.742. The van der Waals surface area contributed by atoms with Gasteiger partial charge in [0.15, 0.2) is 5.78 Å². The van der Waals surface area contributed by atoms with E-state index in [0.717, 1.165) is 4.90 Å². The molecule has 2 amide bonds. The van der Waals surface area contributed by atoms with Crippen molar-refractivity contribution in [3.8, 4) is 0 Å². The molecule has 0 aromatic carbocycles. The summed E-state index contributed by atoms with van der Waals surface area (Å²) in [6.45, 7) is 4.52. The van der Waals surface area contributed by atoms with E-state index in [1.165, 1.54) is 19.1 Å². The summed E-state index contributed by atoms with van der Waals surface area (Å²) in [5.41, 5.74) is 0.336. The summed E-state index contributed by atoms with van der Waals surface area (Å²) in [7, 11) is 0. The number of imide groups is 1. The highest BCUT2D eigenvalue weighted by atomic mass is 16.5. The van der Waals surface area contributed by atoms with E-state index in [0.29, 0.717) is 45.3 Å². The largest absolute Gasteiger partial charge is 0.377 e. The fraction of sp³-hybridized carbons (Fsp3) is 0.562. The van der Waals surface area contributed by atoms with Gasteiger partial charge in [-0.15, -0.1) is 5.10 Å². The Bertz CT molecular complexity index is 639. The summed E-state index contributed by atoms with van der Waals surface area (Å²) >= 11 is 0. The third-order valence-corrected chi connectivity index (χ3v) is 3.47. The third kappa shape index (κ3) is 6.47. The zero-order valence-corrected chi connectivity index (χ0v) is 14.6. The number of ketones is 1. The average molecular weight is 366 g/mol. The van der Waals surface area contributed by atoms with Gasteiger partial charge in [0.2, 0.25) is 0 Å². The fourth-order valence-electron chi connectivity index (χ4n) is 2.08. The molecular formula is C16H22N4O6. The highest BCUT2D eigenvalue weighted by Crippen LogP contribution is 2.02. The summed E-state index contributed by atoms with van der Waals surface area (Å²) in [4.78, 5) is 34.8. The molecule has 0 aliphatic carbocycles. The van der Waals surface area contributed by atoms with Crippen LogP contribution < -0.4 is 0 Å². The Morgan fingerprint density at radius 2 is 1.46 bits per heavy atom. The third-order valence-electron chi connectivity index (χ3n) is 3.47. The van der Waals surface area contributed by atoms with Crippen molar-refractivity contribution in [1.82, 2.24) is 19.9 Å². The van der Waals surface area contributed by atoms with Gasteiger partial charge in [0.25, 0.3) is 11.8 Å². The summed E-state index contributed by atoms with van der Waals surface area (Å²) in [5, 5.41) is 7.56. The average Bonchev–Trinajstić information content (AvgIpc) is 3.21. The van der Waals surface area contributed by atoms with E-state index < -0.39 is 0 Å². The predicted molar refractivity (Wildman–Crippen MR) is 88.3 cm³/mol. The first-order chi connectivity index (χ1) is 12.6. The molecule has 2 rings (SSSR count). The lowest BCUT2D eigenvalue weighted by molar-refractivity contribution is -0.137. The molecule has 0 saturated carbocycles. The van der Waals surface area contributed by atoms with E-state index >= 15 is 0 Å². The van der Waals surface area contributed by atoms with E-state index in [-0.39, 0.29) is 30.7 Å². The topological polar surface area (TPSA) is 113 Å². The van der Waals surface area contributed by atoms with Crippen LogP contribution in [0.4, 0.5) is 0 Å². The zero-order chi connectivity index (χ0) is 18.8. The van der Waals surface area contributed by atoms with Gasteiger partial charge >= 0.3 is 0 Å². The number of carbonyl (C=O) groups is 3. The maximum absolute atomic E-state index is 11.3. The van der Waals surface area contributed by atoms with Crippen LogP contribution in [0.1, 0.15) is 17.4 Å². The lowest BCUT2D eigenvalue weighted by Crippen LogP contribution is -2.33. The van der Waals surface area contributed by atoms with Gasteiger partial charge in [-0.3, -0.25) is 19.3 Å². The SMILES string of the molecule is CC(=O)c1cn(CCOCCOCCOCCN2C(=O)C=CC2=O)nn1. The molecule has 0 unspecified atom stereocenters. The van der Waals surface area contributed by atoms with Crippen LogP contribution in [-0.4, -0.2) is 83.7 Å². The quantitative estimate of drug-likeness (QED) is 0.260. The molecule has 142 valence electrons. The number of rotatable bonds is 13. The van der Waals surface area contributed by atoms with Crippen molar-refractivity contribution in [2.24, 2.45) is 0 Å². The molecule has 0 spiro atoms. The van der Waals surface area contributed by atoms with E-state index in [2.05, 4.69) is 10.3 Å². The van der Waals surface area contributed by atoms with Crippen LogP contribution in [0.2, 0.25) is 0 Å². The van der Waals surface area contributed by atoms with Crippen LogP contribution in [0.15, 0.2) is 18.3 Å². The zero-order valence-electron chi connectivity index (χ0n) is 14.6. The van der Waals surface area contributed by atoms with Gasteiger partial charge in [-0.05, 0) is 0 Å². The minimum absolute atomic E-state index is 0.122. The Hall–Kier alpha value is -2.43. The van der Waals surface area contributed by atoms with Crippen LogP contribution >= 0.6 is 0 Å².